The van der Waals surface area contributed by atoms with Gasteiger partial charge in [0, 0.05) is 12.1 Å². The first-order valence-corrected chi connectivity index (χ1v) is 5.66. The van der Waals surface area contributed by atoms with Gasteiger partial charge in [0.05, 0.1) is 21.7 Å². The van der Waals surface area contributed by atoms with Gasteiger partial charge in [-0.1, -0.05) is 23.7 Å². The van der Waals surface area contributed by atoms with Gasteiger partial charge < -0.3 is 10.2 Å². The molecule has 19 heavy (non-hydrogen) atoms. The molecule has 0 spiro atoms. The van der Waals surface area contributed by atoms with E-state index in [9.17, 15) is 10.1 Å². The standard InChI is InChI=1S/C12H10ClN3O3/c13-11-3-1-2-4-12(11)19-10-6-8(15-14)5-9(7-10)16(17)18/h1-7,15H,14H2. The number of para-hydroxylation sites is 1. The highest BCUT2D eigenvalue weighted by Gasteiger charge is 2.11. The number of hydrogen-bond donors (Lipinski definition) is 2. The van der Waals surface area contributed by atoms with E-state index in [-0.39, 0.29) is 11.4 Å². The summed E-state index contributed by atoms with van der Waals surface area (Å²) in [6.45, 7) is 0. The van der Waals surface area contributed by atoms with Crippen LogP contribution in [0.4, 0.5) is 11.4 Å². The number of nitrogens with zero attached hydrogens (tertiary/aromatic N) is 1. The predicted octanol–water partition coefficient (Wildman–Crippen LogP) is 3.33. The van der Waals surface area contributed by atoms with Crippen molar-refractivity contribution in [2.24, 2.45) is 5.84 Å². The van der Waals surface area contributed by atoms with Crippen LogP contribution in [-0.2, 0) is 0 Å². The van der Waals surface area contributed by atoms with Gasteiger partial charge in [-0.05, 0) is 12.1 Å². The van der Waals surface area contributed by atoms with Crippen molar-refractivity contribution in [2.75, 3.05) is 5.43 Å². The lowest BCUT2D eigenvalue weighted by Gasteiger charge is -2.09. The molecule has 0 aliphatic carbocycles. The summed E-state index contributed by atoms with van der Waals surface area (Å²) in [7, 11) is 0. The van der Waals surface area contributed by atoms with E-state index in [1.165, 1.54) is 18.2 Å². The zero-order valence-electron chi connectivity index (χ0n) is 9.67. The first kappa shape index (κ1) is 13.1. The second-order valence-corrected chi connectivity index (χ2v) is 4.06. The van der Waals surface area contributed by atoms with Crippen molar-refractivity contribution in [3.05, 3.63) is 57.6 Å². The molecule has 0 bridgehead atoms. The SMILES string of the molecule is NNc1cc(Oc2ccccc2Cl)cc([N+](=O)[O-])c1. The maximum atomic E-state index is 10.8. The summed E-state index contributed by atoms with van der Waals surface area (Å²) >= 11 is 5.95. The molecule has 0 heterocycles. The Bertz CT molecular complexity index is 619. The molecule has 7 heteroatoms. The van der Waals surface area contributed by atoms with Crippen molar-refractivity contribution < 1.29 is 9.66 Å². The Morgan fingerprint density at radius 1 is 1.26 bits per heavy atom. The molecule has 0 aromatic heterocycles. The fraction of sp³-hybridized carbons (Fsp3) is 0. The summed E-state index contributed by atoms with van der Waals surface area (Å²) in [6.07, 6.45) is 0. The average Bonchev–Trinajstić information content (AvgIpc) is 2.41. The van der Waals surface area contributed by atoms with Crippen LogP contribution in [0.25, 0.3) is 0 Å². The number of nitro groups is 1. The molecule has 6 nitrogen and oxygen atoms in total. The van der Waals surface area contributed by atoms with Crippen LogP contribution in [0.1, 0.15) is 0 Å². The molecule has 98 valence electrons. The third-order valence-corrected chi connectivity index (χ3v) is 2.65. The van der Waals surface area contributed by atoms with Crippen LogP contribution in [0.15, 0.2) is 42.5 Å². The maximum Gasteiger partial charge on any atom is 0.275 e. The fourth-order valence-electron chi connectivity index (χ4n) is 1.49. The number of ether oxygens (including phenoxy) is 1. The number of non-ortho nitro benzene ring substituents is 1. The van der Waals surface area contributed by atoms with Gasteiger partial charge in [-0.25, -0.2) is 0 Å². The molecule has 0 atom stereocenters. The molecule has 0 aliphatic heterocycles. The number of nitrogens with two attached hydrogens (primary N) is 1. The van der Waals surface area contributed by atoms with Crippen molar-refractivity contribution in [2.45, 2.75) is 0 Å². The average molecular weight is 280 g/mol. The van der Waals surface area contributed by atoms with Gasteiger partial charge in [-0.2, -0.15) is 0 Å². The number of anilines is 1. The Morgan fingerprint density at radius 3 is 2.63 bits per heavy atom. The van der Waals surface area contributed by atoms with E-state index in [0.29, 0.717) is 16.5 Å². The Balaban J connectivity index is 2.37. The quantitative estimate of drug-likeness (QED) is 0.509. The van der Waals surface area contributed by atoms with Crippen LogP contribution in [0.5, 0.6) is 11.5 Å². The van der Waals surface area contributed by atoms with E-state index >= 15 is 0 Å². The monoisotopic (exact) mass is 279 g/mol. The number of nitrogens with one attached hydrogen (secondary N) is 1. The summed E-state index contributed by atoms with van der Waals surface area (Å²) in [5.74, 6) is 5.94. The second-order valence-electron chi connectivity index (χ2n) is 3.65. The first-order chi connectivity index (χ1) is 9.10. The molecule has 3 N–H and O–H groups in total. The van der Waals surface area contributed by atoms with Crippen molar-refractivity contribution in [3.63, 3.8) is 0 Å². The molecule has 2 aromatic rings. The minimum atomic E-state index is -0.527. The van der Waals surface area contributed by atoms with Gasteiger partial charge in [0.1, 0.15) is 11.5 Å². The van der Waals surface area contributed by atoms with Crippen LogP contribution in [0.3, 0.4) is 0 Å². The van der Waals surface area contributed by atoms with Crippen molar-refractivity contribution in [1.29, 1.82) is 0 Å². The molecule has 2 aromatic carbocycles. The first-order valence-electron chi connectivity index (χ1n) is 5.28. The van der Waals surface area contributed by atoms with E-state index in [4.69, 9.17) is 22.2 Å². The number of hydrogen-bond acceptors (Lipinski definition) is 5. The Kier molecular flexibility index (Phi) is 3.84. The minimum absolute atomic E-state index is 0.127. The molecule has 0 amide bonds. The van der Waals surface area contributed by atoms with E-state index in [1.807, 2.05) is 0 Å². The summed E-state index contributed by atoms with van der Waals surface area (Å²) in [4.78, 5) is 10.3. The third-order valence-electron chi connectivity index (χ3n) is 2.33. The number of benzene rings is 2. The normalized spacial score (nSPS) is 10.0. The Hall–Kier alpha value is -2.31. The van der Waals surface area contributed by atoms with Gasteiger partial charge in [0.25, 0.3) is 5.69 Å². The van der Waals surface area contributed by atoms with Crippen LogP contribution in [0, 0.1) is 10.1 Å². The van der Waals surface area contributed by atoms with Crippen LogP contribution in [-0.4, -0.2) is 4.92 Å². The summed E-state index contributed by atoms with van der Waals surface area (Å²) in [5.41, 5.74) is 2.59. The van der Waals surface area contributed by atoms with Crippen molar-refractivity contribution in [1.82, 2.24) is 0 Å². The maximum absolute atomic E-state index is 10.8. The number of nitro benzene ring substituents is 1. The molecule has 0 unspecified atom stereocenters. The smallest absolute Gasteiger partial charge is 0.275 e. The van der Waals surface area contributed by atoms with Gasteiger partial charge in [-0.15, -0.1) is 0 Å². The number of hydrazine groups is 1. The molecule has 0 saturated carbocycles. The Morgan fingerprint density at radius 2 is 2.00 bits per heavy atom. The van der Waals surface area contributed by atoms with Gasteiger partial charge in [0.15, 0.2) is 0 Å². The van der Waals surface area contributed by atoms with Gasteiger partial charge in [-0.3, -0.25) is 16.0 Å². The lowest BCUT2D eigenvalue weighted by Crippen LogP contribution is -2.07. The van der Waals surface area contributed by atoms with Gasteiger partial charge in [0.2, 0.25) is 0 Å². The molecule has 0 radical (unpaired) electrons. The summed E-state index contributed by atoms with van der Waals surface area (Å²) in [5, 5.41) is 11.2. The highest BCUT2D eigenvalue weighted by Crippen LogP contribution is 2.32. The fourth-order valence-corrected chi connectivity index (χ4v) is 1.66. The van der Waals surface area contributed by atoms with Crippen LogP contribution >= 0.6 is 11.6 Å². The third kappa shape index (κ3) is 3.12. The second kappa shape index (κ2) is 5.55. The highest BCUT2D eigenvalue weighted by molar-refractivity contribution is 6.32. The zero-order chi connectivity index (χ0) is 13.8. The lowest BCUT2D eigenvalue weighted by atomic mass is 10.2. The zero-order valence-corrected chi connectivity index (χ0v) is 10.4. The molecule has 0 saturated heterocycles. The predicted molar refractivity (Wildman–Crippen MR) is 72.4 cm³/mol. The van der Waals surface area contributed by atoms with Crippen molar-refractivity contribution >= 4 is 23.0 Å². The van der Waals surface area contributed by atoms with E-state index < -0.39 is 4.92 Å². The largest absolute Gasteiger partial charge is 0.455 e. The minimum Gasteiger partial charge on any atom is -0.455 e. The topological polar surface area (TPSA) is 90.4 Å². The highest BCUT2D eigenvalue weighted by atomic mass is 35.5. The molecule has 0 fully saturated rings. The summed E-state index contributed by atoms with van der Waals surface area (Å²) in [6, 6.07) is 11.0. The molecular formula is C12H10ClN3O3. The van der Waals surface area contributed by atoms with E-state index in [0.717, 1.165) is 0 Å². The van der Waals surface area contributed by atoms with Gasteiger partial charge >= 0.3 is 0 Å². The molecular weight excluding hydrogens is 270 g/mol. The Labute approximate surface area is 113 Å². The van der Waals surface area contributed by atoms with E-state index in [1.54, 1.807) is 24.3 Å². The molecule has 0 aliphatic rings. The number of nitrogen functional groups attached to an aromatic ring is 1. The number of rotatable bonds is 4. The van der Waals surface area contributed by atoms with Crippen LogP contribution < -0.4 is 16.0 Å². The van der Waals surface area contributed by atoms with Crippen LogP contribution in [0.2, 0.25) is 5.02 Å². The molecule has 2 rings (SSSR count). The van der Waals surface area contributed by atoms with Crippen molar-refractivity contribution in [3.8, 4) is 11.5 Å². The summed E-state index contributed by atoms with van der Waals surface area (Å²) < 4.78 is 5.51. The lowest BCUT2D eigenvalue weighted by molar-refractivity contribution is -0.384. The number of halogens is 1. The van der Waals surface area contributed by atoms with E-state index in [2.05, 4.69) is 5.43 Å².